The molecule has 0 heterocycles. The first-order valence-electron chi connectivity index (χ1n) is 4.89. The van der Waals surface area contributed by atoms with Gasteiger partial charge in [0.15, 0.2) is 0 Å². The predicted molar refractivity (Wildman–Crippen MR) is 55.8 cm³/mol. The Morgan fingerprint density at radius 3 is 1.60 bits per heavy atom. The minimum atomic E-state index is -4.60. The molecule has 0 atom stereocenters. The molecule has 15 heavy (non-hydrogen) atoms. The fourth-order valence-corrected chi connectivity index (χ4v) is 0.622. The van der Waals surface area contributed by atoms with Crippen LogP contribution in [0.5, 0.6) is 5.75 Å². The molecule has 88 valence electrons. The molecular formula is C11H17F3O. The highest BCUT2D eigenvalue weighted by Crippen LogP contribution is 2.21. The molecule has 0 saturated heterocycles. The highest BCUT2D eigenvalue weighted by molar-refractivity contribution is 5.20. The van der Waals surface area contributed by atoms with E-state index in [1.807, 2.05) is 27.7 Å². The molecular weight excluding hydrogens is 205 g/mol. The third-order valence-electron chi connectivity index (χ3n) is 0.977. The zero-order valence-electron chi connectivity index (χ0n) is 9.43. The maximum Gasteiger partial charge on any atom is 0.573 e. The van der Waals surface area contributed by atoms with Crippen LogP contribution in [0.4, 0.5) is 13.2 Å². The first-order chi connectivity index (χ1) is 7.08. The van der Waals surface area contributed by atoms with E-state index in [1.165, 1.54) is 24.3 Å². The topological polar surface area (TPSA) is 9.23 Å². The lowest BCUT2D eigenvalue weighted by molar-refractivity contribution is -0.274. The van der Waals surface area contributed by atoms with E-state index in [-0.39, 0.29) is 5.75 Å². The molecule has 0 aromatic heterocycles. The van der Waals surface area contributed by atoms with Gasteiger partial charge in [0.2, 0.25) is 0 Å². The van der Waals surface area contributed by atoms with Crippen LogP contribution < -0.4 is 4.74 Å². The molecule has 0 aliphatic heterocycles. The van der Waals surface area contributed by atoms with E-state index in [2.05, 4.69) is 4.74 Å². The Morgan fingerprint density at radius 1 is 0.867 bits per heavy atom. The van der Waals surface area contributed by atoms with Gasteiger partial charge < -0.3 is 4.74 Å². The Bertz CT molecular complexity index is 219. The van der Waals surface area contributed by atoms with Gasteiger partial charge in [-0.05, 0) is 12.1 Å². The SMILES string of the molecule is CC.CC.FC(F)(F)Oc1ccccc1. The molecule has 1 nitrogen and oxygen atoms in total. The highest BCUT2D eigenvalue weighted by atomic mass is 19.4. The second-order valence-corrected chi connectivity index (χ2v) is 1.86. The average molecular weight is 222 g/mol. The smallest absolute Gasteiger partial charge is 0.406 e. The molecule has 0 radical (unpaired) electrons. The molecule has 0 amide bonds. The summed E-state index contributed by atoms with van der Waals surface area (Å²) in [5.41, 5.74) is 0. The van der Waals surface area contributed by atoms with Crippen molar-refractivity contribution >= 4 is 0 Å². The summed E-state index contributed by atoms with van der Waals surface area (Å²) in [6.45, 7) is 8.00. The third-order valence-corrected chi connectivity index (χ3v) is 0.977. The average Bonchev–Trinajstić information content (AvgIpc) is 2.23. The Kier molecular flexibility index (Phi) is 10.1. The molecule has 1 aromatic rings. The van der Waals surface area contributed by atoms with Gasteiger partial charge in [0.25, 0.3) is 0 Å². The van der Waals surface area contributed by atoms with E-state index in [9.17, 15) is 13.2 Å². The van der Waals surface area contributed by atoms with Gasteiger partial charge in [-0.3, -0.25) is 0 Å². The molecule has 0 unspecified atom stereocenters. The lowest BCUT2D eigenvalue weighted by Crippen LogP contribution is -2.16. The summed E-state index contributed by atoms with van der Waals surface area (Å²) < 4.78 is 38.2. The Balaban J connectivity index is 0. The van der Waals surface area contributed by atoms with E-state index in [0.717, 1.165) is 0 Å². The second-order valence-electron chi connectivity index (χ2n) is 1.86. The van der Waals surface area contributed by atoms with Crippen LogP contribution in [0, 0.1) is 0 Å². The standard InChI is InChI=1S/C7H5F3O.2C2H6/c8-7(9,10)11-6-4-2-1-3-5-6;2*1-2/h1-5H;2*1-2H3. The highest BCUT2D eigenvalue weighted by Gasteiger charge is 2.30. The van der Waals surface area contributed by atoms with Crippen LogP contribution in [0.3, 0.4) is 0 Å². The summed E-state index contributed by atoms with van der Waals surface area (Å²) in [6.07, 6.45) is -4.60. The largest absolute Gasteiger partial charge is 0.573 e. The van der Waals surface area contributed by atoms with Crippen LogP contribution >= 0.6 is 0 Å². The summed E-state index contributed by atoms with van der Waals surface area (Å²) in [6, 6.07) is 7.05. The van der Waals surface area contributed by atoms with E-state index in [0.29, 0.717) is 0 Å². The molecule has 1 aromatic carbocycles. The molecule has 0 aliphatic rings. The third kappa shape index (κ3) is 10.7. The Morgan fingerprint density at radius 2 is 1.27 bits per heavy atom. The van der Waals surface area contributed by atoms with E-state index in [1.54, 1.807) is 6.07 Å². The van der Waals surface area contributed by atoms with E-state index in [4.69, 9.17) is 0 Å². The van der Waals surface area contributed by atoms with E-state index < -0.39 is 6.36 Å². The monoisotopic (exact) mass is 222 g/mol. The van der Waals surface area contributed by atoms with Crippen molar-refractivity contribution in [3.05, 3.63) is 30.3 Å². The number of benzene rings is 1. The number of hydrogen-bond donors (Lipinski definition) is 0. The molecule has 0 aliphatic carbocycles. The lowest BCUT2D eigenvalue weighted by atomic mass is 10.3. The quantitative estimate of drug-likeness (QED) is 0.672. The minimum Gasteiger partial charge on any atom is -0.406 e. The molecule has 0 saturated carbocycles. The summed E-state index contributed by atoms with van der Waals surface area (Å²) in [4.78, 5) is 0. The van der Waals surface area contributed by atoms with Crippen LogP contribution in [0.25, 0.3) is 0 Å². The van der Waals surface area contributed by atoms with Crippen molar-refractivity contribution in [1.29, 1.82) is 0 Å². The number of alkyl halides is 3. The zero-order valence-corrected chi connectivity index (χ0v) is 9.43. The lowest BCUT2D eigenvalue weighted by Gasteiger charge is -2.07. The molecule has 0 N–H and O–H groups in total. The Labute approximate surface area is 88.9 Å². The van der Waals surface area contributed by atoms with Crippen molar-refractivity contribution in [2.24, 2.45) is 0 Å². The van der Waals surface area contributed by atoms with Gasteiger partial charge in [0.05, 0.1) is 0 Å². The second kappa shape index (κ2) is 9.37. The van der Waals surface area contributed by atoms with Crippen LogP contribution in [0.15, 0.2) is 30.3 Å². The van der Waals surface area contributed by atoms with E-state index >= 15 is 0 Å². The van der Waals surface area contributed by atoms with Crippen molar-refractivity contribution in [3.63, 3.8) is 0 Å². The van der Waals surface area contributed by atoms with Gasteiger partial charge in [-0.25, -0.2) is 0 Å². The van der Waals surface area contributed by atoms with Gasteiger partial charge >= 0.3 is 6.36 Å². The van der Waals surface area contributed by atoms with Gasteiger partial charge in [-0.1, -0.05) is 45.9 Å². The molecule has 0 bridgehead atoms. The maximum atomic E-state index is 11.5. The number of ether oxygens (including phenoxy) is 1. The number of para-hydroxylation sites is 1. The molecule has 4 heteroatoms. The van der Waals surface area contributed by atoms with Crippen molar-refractivity contribution in [3.8, 4) is 5.75 Å². The van der Waals surface area contributed by atoms with Crippen molar-refractivity contribution in [1.82, 2.24) is 0 Å². The normalized spacial score (nSPS) is 9.00. The van der Waals surface area contributed by atoms with Crippen molar-refractivity contribution in [2.75, 3.05) is 0 Å². The molecule has 0 spiro atoms. The van der Waals surface area contributed by atoms with Crippen LogP contribution in [-0.4, -0.2) is 6.36 Å². The summed E-state index contributed by atoms with van der Waals surface area (Å²) in [5.74, 6) is -0.194. The maximum absolute atomic E-state index is 11.5. The summed E-state index contributed by atoms with van der Waals surface area (Å²) in [7, 11) is 0. The number of rotatable bonds is 1. The predicted octanol–water partition coefficient (Wildman–Crippen LogP) is 4.64. The van der Waals surface area contributed by atoms with Crippen molar-refractivity contribution in [2.45, 2.75) is 34.1 Å². The fraction of sp³-hybridized carbons (Fsp3) is 0.455. The van der Waals surface area contributed by atoms with Gasteiger partial charge in [-0.2, -0.15) is 0 Å². The first-order valence-corrected chi connectivity index (χ1v) is 4.89. The fourth-order valence-electron chi connectivity index (χ4n) is 0.622. The number of hydrogen-bond acceptors (Lipinski definition) is 1. The van der Waals surface area contributed by atoms with Gasteiger partial charge in [0, 0.05) is 0 Å². The zero-order chi connectivity index (χ0) is 12.3. The van der Waals surface area contributed by atoms with Crippen LogP contribution in [-0.2, 0) is 0 Å². The van der Waals surface area contributed by atoms with Gasteiger partial charge in [-0.15, -0.1) is 13.2 Å². The van der Waals surface area contributed by atoms with Gasteiger partial charge in [0.1, 0.15) is 5.75 Å². The van der Waals surface area contributed by atoms with Crippen molar-refractivity contribution < 1.29 is 17.9 Å². The molecule has 0 fully saturated rings. The number of halogens is 3. The first kappa shape index (κ1) is 16.2. The molecule has 1 rings (SSSR count). The Hall–Kier alpha value is -1.19. The van der Waals surface area contributed by atoms with Crippen LogP contribution in [0.1, 0.15) is 27.7 Å². The minimum absolute atomic E-state index is 0.194. The van der Waals surface area contributed by atoms with Crippen LogP contribution in [0.2, 0.25) is 0 Å². The summed E-state index contributed by atoms with van der Waals surface area (Å²) in [5, 5.41) is 0. The summed E-state index contributed by atoms with van der Waals surface area (Å²) >= 11 is 0.